The van der Waals surface area contributed by atoms with Crippen LogP contribution in [0.5, 0.6) is 0 Å². The van der Waals surface area contributed by atoms with Crippen molar-refractivity contribution in [2.45, 2.75) is 46.7 Å². The maximum atomic E-state index is 12.5. The Labute approximate surface area is 131 Å². The molecule has 0 aromatic heterocycles. The van der Waals surface area contributed by atoms with Gasteiger partial charge < -0.3 is 5.32 Å². The lowest BCUT2D eigenvalue weighted by atomic mass is 9.87. The van der Waals surface area contributed by atoms with Crippen LogP contribution in [-0.2, 0) is 4.79 Å². The molecule has 0 saturated carbocycles. The second-order valence-corrected chi connectivity index (χ2v) is 7.86. The average molecular weight is 308 g/mol. The van der Waals surface area contributed by atoms with Crippen molar-refractivity contribution < 1.29 is 9.59 Å². The molecule has 4 nitrogen and oxygen atoms in total. The Hall–Kier alpha value is -1.23. The number of hydrogen-bond donors (Lipinski definition) is 1. The first-order chi connectivity index (χ1) is 9.71. The van der Waals surface area contributed by atoms with Gasteiger partial charge >= 0.3 is 6.03 Å². The van der Waals surface area contributed by atoms with Crippen LogP contribution in [-0.4, -0.2) is 40.4 Å². The molecule has 2 aliphatic rings. The molecule has 0 unspecified atom stereocenters. The predicted molar refractivity (Wildman–Crippen MR) is 87.2 cm³/mol. The molecule has 0 aromatic carbocycles. The molecule has 2 aliphatic heterocycles. The number of hydrogen-bond acceptors (Lipinski definition) is 3. The highest BCUT2D eigenvalue weighted by molar-refractivity contribution is 7.99. The molecular formula is C16H24N2O2S. The number of imide groups is 1. The monoisotopic (exact) mass is 308 g/mol. The molecule has 0 bridgehead atoms. The largest absolute Gasteiger partial charge is 0.332 e. The molecule has 2 fully saturated rings. The predicted octanol–water partition coefficient (Wildman–Crippen LogP) is 2.96. The van der Waals surface area contributed by atoms with Crippen molar-refractivity contribution in [1.29, 1.82) is 0 Å². The van der Waals surface area contributed by atoms with E-state index in [-0.39, 0.29) is 29.4 Å². The van der Waals surface area contributed by atoms with Crippen LogP contribution in [0.1, 0.15) is 34.6 Å². The van der Waals surface area contributed by atoms with E-state index in [2.05, 4.69) is 33.0 Å². The first-order valence-corrected chi connectivity index (χ1v) is 8.44. The number of nitrogens with zero attached hydrogens (tertiary/aromatic N) is 1. The summed E-state index contributed by atoms with van der Waals surface area (Å²) in [5.74, 6) is 1.55. The Kier molecular flexibility index (Phi) is 4.51. The minimum Gasteiger partial charge on any atom is -0.332 e. The number of thioether (sulfide) groups is 1. The summed E-state index contributed by atoms with van der Waals surface area (Å²) in [7, 11) is 0. The molecule has 116 valence electrons. The third-order valence-electron chi connectivity index (χ3n) is 4.23. The number of amides is 3. The van der Waals surface area contributed by atoms with E-state index in [9.17, 15) is 9.59 Å². The van der Waals surface area contributed by atoms with Crippen LogP contribution < -0.4 is 5.32 Å². The van der Waals surface area contributed by atoms with Crippen molar-refractivity contribution in [2.75, 3.05) is 11.5 Å². The number of rotatable bonds is 2. The number of fused-ring (bicyclic) bond motifs is 1. The van der Waals surface area contributed by atoms with Gasteiger partial charge in [0.1, 0.15) is 0 Å². The molecule has 5 heteroatoms. The summed E-state index contributed by atoms with van der Waals surface area (Å²) in [6, 6.07) is -0.128. The molecule has 0 aromatic rings. The van der Waals surface area contributed by atoms with Crippen LogP contribution in [0.2, 0.25) is 0 Å². The lowest BCUT2D eigenvalue weighted by molar-refractivity contribution is -0.124. The molecule has 2 saturated heterocycles. The number of carbonyl (C=O) groups is 2. The first-order valence-electron chi connectivity index (χ1n) is 7.29. The third kappa shape index (κ3) is 3.34. The summed E-state index contributed by atoms with van der Waals surface area (Å²) in [5.41, 5.74) is 1.89. The van der Waals surface area contributed by atoms with Gasteiger partial charge in [-0.1, -0.05) is 38.5 Å². The van der Waals surface area contributed by atoms with Gasteiger partial charge in [-0.3, -0.25) is 9.69 Å². The van der Waals surface area contributed by atoms with E-state index in [4.69, 9.17) is 0 Å². The smallest absolute Gasteiger partial charge is 0.325 e. The van der Waals surface area contributed by atoms with Crippen LogP contribution >= 0.6 is 11.8 Å². The molecule has 2 heterocycles. The van der Waals surface area contributed by atoms with Crippen molar-refractivity contribution >= 4 is 23.7 Å². The summed E-state index contributed by atoms with van der Waals surface area (Å²) in [4.78, 5) is 25.9. The lowest BCUT2D eigenvalue weighted by Gasteiger charge is -2.20. The van der Waals surface area contributed by atoms with Crippen LogP contribution in [0.25, 0.3) is 0 Å². The maximum absolute atomic E-state index is 12.5. The summed E-state index contributed by atoms with van der Waals surface area (Å²) >= 11 is 1.78. The molecule has 0 spiro atoms. The zero-order valence-electron chi connectivity index (χ0n) is 13.4. The maximum Gasteiger partial charge on any atom is 0.325 e. The van der Waals surface area contributed by atoms with E-state index in [1.807, 2.05) is 12.2 Å². The number of nitrogens with one attached hydrogen (secondary N) is 1. The Bertz CT molecular complexity index is 517. The Morgan fingerprint density at radius 1 is 1.29 bits per heavy atom. The summed E-state index contributed by atoms with van der Waals surface area (Å²) in [5, 5.41) is 2.89. The molecule has 2 rings (SSSR count). The summed E-state index contributed by atoms with van der Waals surface area (Å²) in [6.07, 6.45) is 3.80. The van der Waals surface area contributed by atoms with Gasteiger partial charge in [-0.25, -0.2) is 4.79 Å². The first kappa shape index (κ1) is 16.1. The van der Waals surface area contributed by atoms with Gasteiger partial charge in [0, 0.05) is 17.1 Å². The van der Waals surface area contributed by atoms with Gasteiger partial charge in [0.2, 0.25) is 0 Å². The number of carbonyl (C=O) groups excluding carboxylic acids is 2. The zero-order chi connectivity index (χ0) is 15.8. The van der Waals surface area contributed by atoms with Crippen molar-refractivity contribution in [1.82, 2.24) is 10.2 Å². The van der Waals surface area contributed by atoms with Crippen molar-refractivity contribution in [2.24, 2.45) is 5.41 Å². The molecule has 2 atom stereocenters. The van der Waals surface area contributed by atoms with E-state index in [0.717, 1.165) is 11.5 Å². The van der Waals surface area contributed by atoms with E-state index >= 15 is 0 Å². The molecule has 3 amide bonds. The Morgan fingerprint density at radius 3 is 2.57 bits per heavy atom. The zero-order valence-corrected chi connectivity index (χ0v) is 14.2. The highest BCUT2D eigenvalue weighted by Gasteiger charge is 2.45. The second kappa shape index (κ2) is 5.87. The van der Waals surface area contributed by atoms with Crippen LogP contribution in [0, 0.1) is 5.41 Å². The second-order valence-electron chi connectivity index (χ2n) is 6.79. The summed E-state index contributed by atoms with van der Waals surface area (Å²) < 4.78 is 0. The minimum atomic E-state index is -0.250. The summed E-state index contributed by atoms with van der Waals surface area (Å²) in [6.45, 7) is 10.2. The van der Waals surface area contributed by atoms with Crippen LogP contribution in [0.15, 0.2) is 23.3 Å². The number of urea groups is 1. The standard InChI is InChI=1S/C16H24N2O2S/c1-10(6-7-11(2)16(3,4)5)14(19)18-13-9-21-8-12(13)17-15(18)20/h6-7,12-13H,8-9H2,1-5H3,(H,17,20)/b10-6+,11-7+/t12-,13+/m1/s1. The molecule has 0 aliphatic carbocycles. The third-order valence-corrected chi connectivity index (χ3v) is 5.40. The quantitative estimate of drug-likeness (QED) is 0.485. The van der Waals surface area contributed by atoms with Crippen molar-refractivity contribution in [3.8, 4) is 0 Å². The van der Waals surface area contributed by atoms with Gasteiger partial charge in [0.05, 0.1) is 12.1 Å². The topological polar surface area (TPSA) is 49.4 Å². The van der Waals surface area contributed by atoms with Gasteiger partial charge in [-0.15, -0.1) is 0 Å². The van der Waals surface area contributed by atoms with E-state index in [1.165, 1.54) is 10.5 Å². The van der Waals surface area contributed by atoms with E-state index in [0.29, 0.717) is 5.57 Å². The van der Waals surface area contributed by atoms with Gasteiger partial charge in [0.25, 0.3) is 5.91 Å². The fourth-order valence-electron chi connectivity index (χ4n) is 2.32. The molecule has 0 radical (unpaired) electrons. The normalized spacial score (nSPS) is 26.9. The minimum absolute atomic E-state index is 0.00560. The van der Waals surface area contributed by atoms with Crippen LogP contribution in [0.4, 0.5) is 4.79 Å². The Morgan fingerprint density at radius 2 is 1.95 bits per heavy atom. The fraction of sp³-hybridized carbons (Fsp3) is 0.625. The Balaban J connectivity index is 2.14. The van der Waals surface area contributed by atoms with Gasteiger partial charge in [0.15, 0.2) is 0 Å². The van der Waals surface area contributed by atoms with Gasteiger partial charge in [-0.05, 0) is 19.3 Å². The lowest BCUT2D eigenvalue weighted by Crippen LogP contribution is -2.41. The molecule has 1 N–H and O–H groups in total. The van der Waals surface area contributed by atoms with Gasteiger partial charge in [-0.2, -0.15) is 11.8 Å². The van der Waals surface area contributed by atoms with E-state index < -0.39 is 0 Å². The van der Waals surface area contributed by atoms with Crippen molar-refractivity contribution in [3.63, 3.8) is 0 Å². The fourth-order valence-corrected chi connectivity index (χ4v) is 3.64. The van der Waals surface area contributed by atoms with E-state index in [1.54, 1.807) is 18.7 Å². The van der Waals surface area contributed by atoms with Crippen LogP contribution in [0.3, 0.4) is 0 Å². The highest BCUT2D eigenvalue weighted by Crippen LogP contribution is 2.29. The van der Waals surface area contributed by atoms with Crippen molar-refractivity contribution in [3.05, 3.63) is 23.3 Å². The number of allylic oxidation sites excluding steroid dienone is 3. The highest BCUT2D eigenvalue weighted by atomic mass is 32.2. The SMILES string of the molecule is C/C(=C\C=C(/C)C(C)(C)C)C(=O)N1C(=O)N[C@@H]2CSC[C@@H]21. The molecule has 21 heavy (non-hydrogen) atoms. The molecular weight excluding hydrogens is 284 g/mol. The average Bonchev–Trinajstić information content (AvgIpc) is 2.93.